The zero-order valence-corrected chi connectivity index (χ0v) is 93.0. The van der Waals surface area contributed by atoms with E-state index in [0.29, 0.717) is 18.6 Å². The van der Waals surface area contributed by atoms with E-state index in [4.69, 9.17) is 164 Å². The molecule has 0 saturated carbocycles. The number of fused-ring (bicyclic) bond motifs is 4. The van der Waals surface area contributed by atoms with E-state index in [-0.39, 0.29) is 142 Å². The van der Waals surface area contributed by atoms with Gasteiger partial charge in [-0.3, -0.25) is 0 Å². The number of aromatic amines is 3. The molecule has 822 valence electrons. The second kappa shape index (κ2) is 53.9. The molecule has 61 heteroatoms. The third-order valence-electron chi connectivity index (χ3n) is 24.5. The number of halogens is 1. The van der Waals surface area contributed by atoms with Crippen LogP contribution in [0.3, 0.4) is 0 Å². The number of rotatable bonds is 54. The van der Waals surface area contributed by atoms with E-state index in [9.17, 15) is 53.1 Å². The predicted molar refractivity (Wildman–Crippen MR) is 572 cm³/mol. The molecule has 150 heavy (non-hydrogen) atoms. The molecule has 5 unspecified atom stereocenters. The summed E-state index contributed by atoms with van der Waals surface area (Å²) in [6.45, 7) is 21.8. The first kappa shape index (κ1) is 117. The third-order valence-corrected chi connectivity index (χ3v) is 39.7. The molecular formula is C89H122BrN19O32P4S5. The van der Waals surface area contributed by atoms with Gasteiger partial charge >= 0.3 is 816 Å². The second-order valence-electron chi connectivity index (χ2n) is 35.6. The van der Waals surface area contributed by atoms with Gasteiger partial charge in [0.05, 0.1) is 0 Å². The van der Waals surface area contributed by atoms with Crippen LogP contribution in [0.25, 0.3) is 32.0 Å². The number of amides is 3. The van der Waals surface area contributed by atoms with Gasteiger partial charge in [-0.25, -0.2) is 0 Å². The Morgan fingerprint density at radius 2 is 1.12 bits per heavy atom. The average molecular weight is 2330 g/mol. The molecule has 2 aromatic carbocycles. The molecule has 5 fully saturated rings. The number of anilines is 2. The maximum atomic E-state index is 14.3. The summed E-state index contributed by atoms with van der Waals surface area (Å²) >= 11 is 25.0. The van der Waals surface area contributed by atoms with Gasteiger partial charge in [0.1, 0.15) is 6.61 Å². The van der Waals surface area contributed by atoms with Gasteiger partial charge < -0.3 is 0 Å². The number of carbonyl (C=O) groups excluding carboxylic acids is 3. The molecule has 7 N–H and O–H groups in total. The minimum absolute atomic E-state index is 0.0270. The molecule has 0 radical (unpaired) electrons. The number of aryl methyl sites for hydroxylation is 1. The van der Waals surface area contributed by atoms with Crippen molar-refractivity contribution < 1.29 is 117 Å². The molecule has 5 aliphatic heterocycles. The van der Waals surface area contributed by atoms with Gasteiger partial charge in [-0.2, -0.15) is 0 Å². The molecule has 3 amide bonds. The number of carbonyl (C=O) groups is 3. The number of benzene rings is 2. The summed E-state index contributed by atoms with van der Waals surface area (Å²) in [7, 11) is -7.99. The normalized spacial score (nSPS) is 23.8. The van der Waals surface area contributed by atoms with Crippen LogP contribution in [0.15, 0.2) is 135 Å². The summed E-state index contributed by atoms with van der Waals surface area (Å²) in [6.07, 6.45) is -16.3. The predicted octanol–water partition coefficient (Wildman–Crippen LogP) is 8.46. The summed E-state index contributed by atoms with van der Waals surface area (Å²) in [6, 6.07) is 18.9. The SMILES string of the molecule is [C-]#[N+]CCO[PH](S)(OC[C@H]1O[C@@H](n2cnc3c(=O)[nH]c(/N=C/N(C)C)nc32)CC1O[PH](S)(OC[C@H]1O[C@@H](n2cc(C)c(=O)[nH]c2=O)CC1O[PH](S)(OCCOCCOCCNC(=O)OCC1c2ccccc2-c2ccccc21)OC[C@H]1O[C@@H](n2ccc(NC(C)=O)nc2=O)CC1C(C)C)SCCC)OC1[C@@H](CO[PH](S)(OCC[N+]#[C-])OC2[C@@H](CO)O[C@@H](n3cc(Br)c(=O)[nH]c3=O)[C@H]2OC)O[C@@H](n2ccc(NC(C)=O)nc2=O)[C@H]1OC. The van der Waals surface area contributed by atoms with Gasteiger partial charge in [0, 0.05) is 5.92 Å². The Hall–Kier alpha value is -8.32. The monoisotopic (exact) mass is 2330 g/mol. The minimum atomic E-state index is -4.84. The number of methoxy groups -OCH3 is 2. The Kier molecular flexibility index (Phi) is 42.1. The number of hydrogen-bond donors (Lipinski definition) is 11. The molecule has 0 spiro atoms. The van der Waals surface area contributed by atoms with Crippen molar-refractivity contribution in [1.29, 1.82) is 0 Å². The average Bonchev–Trinajstić information content (AvgIpc) is 1.61. The van der Waals surface area contributed by atoms with Crippen molar-refractivity contribution >= 4 is 157 Å². The Bertz CT molecular complexity index is 6550. The zero-order chi connectivity index (χ0) is 107. The van der Waals surface area contributed by atoms with Crippen LogP contribution < -0.4 is 55.4 Å². The van der Waals surface area contributed by atoms with Crippen molar-refractivity contribution in [1.82, 2.24) is 67.9 Å². The van der Waals surface area contributed by atoms with Crippen molar-refractivity contribution in [2.24, 2.45) is 16.8 Å². The van der Waals surface area contributed by atoms with E-state index < -0.39 is 216 Å². The summed E-state index contributed by atoms with van der Waals surface area (Å²) in [4.78, 5) is 170. The number of nitrogens with zero attached hydrogens (tertiary/aromatic N) is 13. The number of H-pyrrole nitrogens is 3. The van der Waals surface area contributed by atoms with Crippen LogP contribution in [-0.4, -0.2) is 299 Å². The third kappa shape index (κ3) is 29.9. The number of hydrogen-bond acceptors (Lipinski definition) is 42. The standard InChI is InChI=1S/C89H122BrN19O32P4S5/c1-13-36-150-145(149,132-46-66-61(38-71(134-66)107-40-51(4)79(113)102-87(107)118)138-142(146,129-44-64-58(50(2)3)37-70(133-64)105-27-22-68(96-52(5)111)98-85(105)116)128-35-34-124-33-32-123-29-26-93-89(120)125-43-59-56-20-16-14-18-54(56)55-19-15-17-21-57(55)59)139-62-39-72(109-49-94-73-78(109)100-84(101-81(73)115)95-48-104(9)10)135-65(62)45-130-143(147,126-30-24-91-7)141-75-67(137-82(77(75)122-12)106-28-23-69(97-53(6)112)99-86(106)117)47-131-144(148,127-31-25-92-8)140-74-63(42-110)136-83(76(74)121-11)108-41-60(90)80(114)103-88(108)119/h14-23,27-28,40-41,48-50,58-59,61-67,70-72,74-77,82-83,110,142-149H,13,24-26,29-39,42-47H2,1-6,9-12H3,(H,93,120)(H,100,101,115)(H,102,113,118)(H,103,114,119)(H,96,98,111,116)(H,97,99,112,117)/b95-48+/t58?,61?,62?,63-,64-,65-,66-,67-,70-,71-,72-,74?,75?,76+,77+,82-,83-/m1/s1. The molecule has 51 nitrogen and oxygen atoms in total. The van der Waals surface area contributed by atoms with Gasteiger partial charge in [-0.15, -0.1) is 0 Å². The Balaban J connectivity index is 0.743. The summed E-state index contributed by atoms with van der Waals surface area (Å²) in [5.74, 6) is -1.25. The van der Waals surface area contributed by atoms with Crippen LogP contribution in [0, 0.1) is 31.9 Å². The first-order valence-corrected chi connectivity index (χ1v) is 62.3. The van der Waals surface area contributed by atoms with E-state index in [1.807, 2.05) is 57.2 Å². The molecule has 1 aliphatic carbocycles. The first-order chi connectivity index (χ1) is 71.9. The molecule has 5 saturated heterocycles. The van der Waals surface area contributed by atoms with E-state index >= 15 is 0 Å². The number of ether oxygens (including phenoxy) is 10. The van der Waals surface area contributed by atoms with Crippen LogP contribution in [0.4, 0.5) is 22.4 Å². The summed E-state index contributed by atoms with van der Waals surface area (Å²) in [5.41, 5.74) is -1.02. The van der Waals surface area contributed by atoms with Crippen LogP contribution in [-0.2, 0) is 107 Å². The molecule has 11 heterocycles. The van der Waals surface area contributed by atoms with Crippen LogP contribution in [0.1, 0.15) is 114 Å². The number of aliphatic imine (C=N–C) groups is 1. The molecule has 6 aliphatic rings. The number of aliphatic hydroxyl groups is 1. The molecule has 8 aromatic rings. The molecular weight excluding hydrogens is 2210 g/mol. The van der Waals surface area contributed by atoms with Crippen molar-refractivity contribution in [3.63, 3.8) is 0 Å². The van der Waals surface area contributed by atoms with Gasteiger partial charge in [0.2, 0.25) is 0 Å². The van der Waals surface area contributed by atoms with Crippen LogP contribution >= 0.6 is 104 Å². The first-order valence-electron chi connectivity index (χ1n) is 47.7. The number of alkyl carbamates (subject to hydrolysis) is 1. The fourth-order valence-corrected chi connectivity index (χ4v) is 30.8. The van der Waals surface area contributed by atoms with E-state index in [1.165, 1.54) is 103 Å². The summed E-state index contributed by atoms with van der Waals surface area (Å²) in [5, 5.41) is 18.6. The number of thiol groups is 4. The molecule has 14 rings (SSSR count). The topological polar surface area (TPSA) is 569 Å². The number of imidazole rings is 1. The number of aliphatic hydroxyl groups excluding tert-OH is 1. The molecule has 17 atom stereocenters. The van der Waals surface area contributed by atoms with Crippen LogP contribution in [0.2, 0.25) is 0 Å². The van der Waals surface area contributed by atoms with E-state index in [1.54, 1.807) is 19.0 Å². The Morgan fingerprint density at radius 1 is 0.600 bits per heavy atom. The molecule has 0 bridgehead atoms. The molecule has 6 aromatic heterocycles. The fraction of sp³-hybridized carbons (Fsp3) is 0.562. The van der Waals surface area contributed by atoms with Gasteiger partial charge in [0.15, 0.2) is 0 Å². The maximum absolute atomic E-state index is 14.3. The fourth-order valence-electron chi connectivity index (χ4n) is 17.6. The zero-order valence-electron chi connectivity index (χ0n) is 83.0. The second-order valence-corrected chi connectivity index (χ2v) is 54.4. The van der Waals surface area contributed by atoms with E-state index in [0.717, 1.165) is 37.6 Å². The Morgan fingerprint density at radius 3 is 1.71 bits per heavy atom. The van der Waals surface area contributed by atoms with Gasteiger partial charge in [-0.05, 0) is 22.3 Å². The van der Waals surface area contributed by atoms with Crippen molar-refractivity contribution in [3.8, 4) is 11.1 Å². The van der Waals surface area contributed by atoms with Crippen molar-refractivity contribution in [2.45, 2.75) is 171 Å². The van der Waals surface area contributed by atoms with Crippen molar-refractivity contribution in [3.05, 3.63) is 209 Å². The van der Waals surface area contributed by atoms with Crippen LogP contribution in [0.5, 0.6) is 0 Å². The summed E-state index contributed by atoms with van der Waals surface area (Å²) < 4.78 is 144. The van der Waals surface area contributed by atoms with Gasteiger partial charge in [-0.1, -0.05) is 48.5 Å². The number of nitrogens with one attached hydrogen (secondary N) is 6. The number of aromatic nitrogens is 12. The van der Waals surface area contributed by atoms with Gasteiger partial charge in [0.25, 0.3) is 0 Å². The van der Waals surface area contributed by atoms with Crippen molar-refractivity contribution in [2.75, 3.05) is 150 Å². The quantitative estimate of drug-likeness (QED) is 0.00425. The van der Waals surface area contributed by atoms with E-state index in [2.05, 4.69) is 88.6 Å². The Labute approximate surface area is 893 Å².